The summed E-state index contributed by atoms with van der Waals surface area (Å²) in [6.07, 6.45) is 1.11. The van der Waals surface area contributed by atoms with Gasteiger partial charge in [0.25, 0.3) is 0 Å². The highest BCUT2D eigenvalue weighted by molar-refractivity contribution is 9.10. The Morgan fingerprint density at radius 2 is 2.16 bits per heavy atom. The number of ether oxygens (including phenoxy) is 1. The number of likely N-dealkylation sites (tertiary alicyclic amines) is 1. The van der Waals surface area contributed by atoms with Crippen molar-refractivity contribution in [1.29, 1.82) is 0 Å². The van der Waals surface area contributed by atoms with E-state index in [1.165, 1.54) is 16.7 Å². The van der Waals surface area contributed by atoms with E-state index in [9.17, 15) is 0 Å². The van der Waals surface area contributed by atoms with Gasteiger partial charge in [-0.1, -0.05) is 15.9 Å². The predicted octanol–water partition coefficient (Wildman–Crippen LogP) is 3.03. The standard InChI is InChI=1S/C15H23BrN2O/c1-9-5-12(16)10(2)14(15(9)19-4)13-6-11(7-17)8-18(13)3/h5,11,13H,6-8,17H2,1-4H3. The Labute approximate surface area is 124 Å². The largest absolute Gasteiger partial charge is 0.496 e. The van der Waals surface area contributed by atoms with Crippen molar-refractivity contribution in [3.8, 4) is 5.75 Å². The molecule has 1 aliphatic heterocycles. The Kier molecular flexibility index (Phi) is 4.54. The minimum absolute atomic E-state index is 0.402. The van der Waals surface area contributed by atoms with E-state index in [1.54, 1.807) is 7.11 Å². The van der Waals surface area contributed by atoms with Gasteiger partial charge in [-0.2, -0.15) is 0 Å². The first-order chi connectivity index (χ1) is 8.99. The number of benzene rings is 1. The van der Waals surface area contributed by atoms with Gasteiger partial charge in [0, 0.05) is 22.6 Å². The number of aryl methyl sites for hydroxylation is 1. The molecule has 2 N–H and O–H groups in total. The third-order valence-corrected chi connectivity index (χ3v) is 5.04. The lowest BCUT2D eigenvalue weighted by Crippen LogP contribution is -2.21. The SMILES string of the molecule is COc1c(C)cc(Br)c(C)c1C1CC(CN)CN1C. The lowest BCUT2D eigenvalue weighted by molar-refractivity contribution is 0.301. The van der Waals surface area contributed by atoms with E-state index in [-0.39, 0.29) is 0 Å². The van der Waals surface area contributed by atoms with Crippen LogP contribution in [0.2, 0.25) is 0 Å². The molecular weight excluding hydrogens is 304 g/mol. The maximum absolute atomic E-state index is 5.84. The molecule has 1 aromatic carbocycles. The fraction of sp³-hybridized carbons (Fsp3) is 0.600. The maximum atomic E-state index is 5.84. The first kappa shape index (κ1) is 14.8. The Balaban J connectivity index is 2.49. The van der Waals surface area contributed by atoms with Crippen molar-refractivity contribution in [2.24, 2.45) is 11.7 Å². The molecule has 1 heterocycles. The normalized spacial score (nSPS) is 23.9. The van der Waals surface area contributed by atoms with Crippen molar-refractivity contribution < 1.29 is 4.74 Å². The van der Waals surface area contributed by atoms with E-state index < -0.39 is 0 Å². The average molecular weight is 327 g/mol. The van der Waals surface area contributed by atoms with Crippen LogP contribution in [0.15, 0.2) is 10.5 Å². The van der Waals surface area contributed by atoms with Crippen LogP contribution in [0.1, 0.15) is 29.2 Å². The van der Waals surface area contributed by atoms with E-state index in [0.29, 0.717) is 12.0 Å². The molecule has 2 unspecified atom stereocenters. The minimum atomic E-state index is 0.402. The summed E-state index contributed by atoms with van der Waals surface area (Å²) in [6.45, 7) is 6.08. The number of nitrogens with two attached hydrogens (primary N) is 1. The van der Waals surface area contributed by atoms with Gasteiger partial charge < -0.3 is 10.5 Å². The average Bonchev–Trinajstić information content (AvgIpc) is 2.74. The molecule has 0 spiro atoms. The Morgan fingerprint density at radius 1 is 1.47 bits per heavy atom. The van der Waals surface area contributed by atoms with E-state index in [4.69, 9.17) is 10.5 Å². The fourth-order valence-corrected chi connectivity index (χ4v) is 3.72. The first-order valence-corrected chi connectivity index (χ1v) is 7.52. The summed E-state index contributed by atoms with van der Waals surface area (Å²) in [5.41, 5.74) is 9.61. The lowest BCUT2D eigenvalue weighted by atomic mass is 9.93. The highest BCUT2D eigenvalue weighted by Gasteiger charge is 2.33. The van der Waals surface area contributed by atoms with E-state index >= 15 is 0 Å². The summed E-state index contributed by atoms with van der Waals surface area (Å²) in [5.74, 6) is 1.61. The summed E-state index contributed by atoms with van der Waals surface area (Å²) in [6, 6.07) is 2.53. The smallest absolute Gasteiger partial charge is 0.126 e. The molecule has 0 aromatic heterocycles. The molecule has 2 rings (SSSR count). The van der Waals surface area contributed by atoms with Gasteiger partial charge in [0.15, 0.2) is 0 Å². The van der Waals surface area contributed by atoms with Gasteiger partial charge in [-0.15, -0.1) is 0 Å². The van der Waals surface area contributed by atoms with E-state index in [0.717, 1.165) is 29.7 Å². The maximum Gasteiger partial charge on any atom is 0.126 e. The van der Waals surface area contributed by atoms with Crippen LogP contribution >= 0.6 is 15.9 Å². The number of rotatable bonds is 3. The zero-order valence-corrected chi connectivity index (χ0v) is 13.8. The third-order valence-electron chi connectivity index (χ3n) is 4.21. The van der Waals surface area contributed by atoms with Gasteiger partial charge >= 0.3 is 0 Å². The number of hydrogen-bond acceptors (Lipinski definition) is 3. The monoisotopic (exact) mass is 326 g/mol. The molecule has 0 bridgehead atoms. The Bertz CT molecular complexity index is 476. The Morgan fingerprint density at radius 3 is 2.68 bits per heavy atom. The zero-order valence-electron chi connectivity index (χ0n) is 12.2. The van der Waals surface area contributed by atoms with Crippen LogP contribution in [0.5, 0.6) is 5.75 Å². The summed E-state index contributed by atoms with van der Waals surface area (Å²) in [7, 11) is 3.93. The van der Waals surface area contributed by atoms with E-state index in [1.807, 2.05) is 0 Å². The molecule has 0 saturated carbocycles. The van der Waals surface area contributed by atoms with Gasteiger partial charge in [0.05, 0.1) is 7.11 Å². The molecule has 2 atom stereocenters. The predicted molar refractivity (Wildman–Crippen MR) is 82.7 cm³/mol. The zero-order chi connectivity index (χ0) is 14.2. The molecule has 106 valence electrons. The van der Waals surface area contributed by atoms with Crippen molar-refractivity contribution in [1.82, 2.24) is 4.90 Å². The van der Waals surface area contributed by atoms with Crippen LogP contribution in [0, 0.1) is 19.8 Å². The Hall–Kier alpha value is -0.580. The van der Waals surface area contributed by atoms with Crippen LogP contribution in [-0.4, -0.2) is 32.1 Å². The second-order valence-corrected chi connectivity index (χ2v) is 6.39. The molecular formula is C15H23BrN2O. The van der Waals surface area contributed by atoms with Crippen molar-refractivity contribution >= 4 is 15.9 Å². The first-order valence-electron chi connectivity index (χ1n) is 6.73. The number of nitrogens with zero attached hydrogens (tertiary/aromatic N) is 1. The molecule has 3 nitrogen and oxygen atoms in total. The number of hydrogen-bond donors (Lipinski definition) is 1. The molecule has 1 fully saturated rings. The van der Waals surface area contributed by atoms with Crippen LogP contribution < -0.4 is 10.5 Å². The van der Waals surface area contributed by atoms with Crippen LogP contribution in [0.3, 0.4) is 0 Å². The summed E-state index contributed by atoms with van der Waals surface area (Å²) in [5, 5.41) is 0. The van der Waals surface area contributed by atoms with Gasteiger partial charge in [-0.05, 0) is 57.0 Å². The van der Waals surface area contributed by atoms with Gasteiger partial charge in [-0.25, -0.2) is 0 Å². The lowest BCUT2D eigenvalue weighted by Gasteiger charge is -2.25. The molecule has 19 heavy (non-hydrogen) atoms. The minimum Gasteiger partial charge on any atom is -0.496 e. The van der Waals surface area contributed by atoms with E-state index in [2.05, 4.69) is 47.8 Å². The second kappa shape index (κ2) is 5.81. The molecule has 1 saturated heterocycles. The molecule has 1 aliphatic rings. The summed E-state index contributed by atoms with van der Waals surface area (Å²) >= 11 is 3.66. The highest BCUT2D eigenvalue weighted by Crippen LogP contribution is 2.43. The molecule has 4 heteroatoms. The van der Waals surface area contributed by atoms with Gasteiger partial charge in [0.1, 0.15) is 5.75 Å². The third kappa shape index (κ3) is 2.67. The van der Waals surface area contributed by atoms with Gasteiger partial charge in [-0.3, -0.25) is 4.90 Å². The topological polar surface area (TPSA) is 38.5 Å². The van der Waals surface area contributed by atoms with Crippen molar-refractivity contribution in [2.45, 2.75) is 26.3 Å². The fourth-order valence-electron chi connectivity index (χ4n) is 3.16. The second-order valence-electron chi connectivity index (χ2n) is 5.54. The quantitative estimate of drug-likeness (QED) is 0.927. The van der Waals surface area contributed by atoms with Crippen LogP contribution in [-0.2, 0) is 0 Å². The summed E-state index contributed by atoms with van der Waals surface area (Å²) < 4.78 is 6.82. The van der Waals surface area contributed by atoms with Crippen LogP contribution in [0.4, 0.5) is 0 Å². The number of halogens is 1. The van der Waals surface area contributed by atoms with Crippen molar-refractivity contribution in [2.75, 3.05) is 27.2 Å². The molecule has 0 aliphatic carbocycles. The summed E-state index contributed by atoms with van der Waals surface area (Å²) in [4.78, 5) is 2.40. The molecule has 0 radical (unpaired) electrons. The van der Waals surface area contributed by atoms with Crippen molar-refractivity contribution in [3.05, 3.63) is 27.2 Å². The molecule has 1 aromatic rings. The van der Waals surface area contributed by atoms with Crippen molar-refractivity contribution in [3.63, 3.8) is 0 Å². The molecule has 0 amide bonds. The van der Waals surface area contributed by atoms with Crippen LogP contribution in [0.25, 0.3) is 0 Å². The number of methoxy groups -OCH3 is 1. The highest BCUT2D eigenvalue weighted by atomic mass is 79.9. The van der Waals surface area contributed by atoms with Gasteiger partial charge in [0.2, 0.25) is 0 Å².